The van der Waals surface area contributed by atoms with Crippen molar-refractivity contribution in [3.8, 4) is 0 Å². The second-order valence-electron chi connectivity index (χ2n) is 9.27. The summed E-state index contributed by atoms with van der Waals surface area (Å²) < 4.78 is 5.49. The van der Waals surface area contributed by atoms with Gasteiger partial charge in [0.25, 0.3) is 5.91 Å². The maximum Gasteiger partial charge on any atom is 0.329 e. The van der Waals surface area contributed by atoms with Crippen LogP contribution >= 0.6 is 0 Å². The largest absolute Gasteiger partial charge is 0.458 e. The number of carbonyl (C=O) groups excluding carboxylic acids is 3. The van der Waals surface area contributed by atoms with Gasteiger partial charge in [-0.05, 0) is 57.9 Å². The van der Waals surface area contributed by atoms with Gasteiger partial charge in [0.1, 0.15) is 23.4 Å². The van der Waals surface area contributed by atoms with Crippen LogP contribution in [0, 0.1) is 0 Å². The van der Waals surface area contributed by atoms with Crippen LogP contribution in [0.4, 0.5) is 0 Å². The van der Waals surface area contributed by atoms with Crippen molar-refractivity contribution in [1.29, 1.82) is 0 Å². The number of piperidine rings is 1. The molecule has 0 spiro atoms. The average Bonchev–Trinajstić information content (AvgIpc) is 2.76. The molecular weight excluding hydrogens is 406 g/mol. The monoisotopic (exact) mass is 439 g/mol. The van der Waals surface area contributed by atoms with E-state index in [9.17, 15) is 14.4 Å². The molecule has 3 rings (SSSR count). The lowest BCUT2D eigenvalue weighted by molar-refractivity contribution is -0.159. The molecule has 2 amide bonds. The molecule has 0 aliphatic carbocycles. The fraction of sp³-hybridized carbons (Fsp3) is 0.520. The first-order chi connectivity index (χ1) is 15.2. The summed E-state index contributed by atoms with van der Waals surface area (Å²) in [6, 6.07) is 8.08. The van der Waals surface area contributed by atoms with E-state index in [1.165, 1.54) is 0 Å². The SMILES string of the molecule is CCCC(NC(=O)C1CCCCN1C(=O)c1nccc2ccccc12)C(=O)OC(C)(C)C. The number of hydrogen-bond acceptors (Lipinski definition) is 5. The minimum absolute atomic E-state index is 0.258. The number of hydrogen-bond donors (Lipinski definition) is 1. The third-order valence-corrected chi connectivity index (χ3v) is 5.53. The molecule has 7 heteroatoms. The van der Waals surface area contributed by atoms with Crippen LogP contribution in [0.5, 0.6) is 0 Å². The van der Waals surface area contributed by atoms with Crippen LogP contribution in [0.15, 0.2) is 36.5 Å². The van der Waals surface area contributed by atoms with Crippen molar-refractivity contribution in [2.75, 3.05) is 6.54 Å². The number of nitrogens with one attached hydrogen (secondary N) is 1. The van der Waals surface area contributed by atoms with Gasteiger partial charge in [-0.1, -0.05) is 37.6 Å². The molecule has 1 N–H and O–H groups in total. The minimum atomic E-state index is -0.735. The Bertz CT molecular complexity index is 977. The van der Waals surface area contributed by atoms with Gasteiger partial charge >= 0.3 is 5.97 Å². The standard InChI is InChI=1S/C25H33N3O4/c1-5-10-19(24(31)32-25(2,3)4)27-22(29)20-13-8-9-16-28(20)23(30)21-18-12-7-6-11-17(18)14-15-26-21/h6-7,11-12,14-15,19-20H,5,8-10,13,16H2,1-4H3,(H,27,29). The highest BCUT2D eigenvalue weighted by Gasteiger charge is 2.36. The molecule has 0 saturated carbocycles. The molecule has 172 valence electrons. The zero-order chi connectivity index (χ0) is 23.3. The predicted octanol–water partition coefficient (Wildman–Crippen LogP) is 3.86. The number of carbonyl (C=O) groups is 3. The maximum absolute atomic E-state index is 13.5. The predicted molar refractivity (Wildman–Crippen MR) is 123 cm³/mol. The third kappa shape index (κ3) is 5.64. The number of fused-ring (bicyclic) bond motifs is 1. The normalized spacial score (nSPS) is 17.6. The highest BCUT2D eigenvalue weighted by molar-refractivity contribution is 6.06. The van der Waals surface area contributed by atoms with E-state index in [1.54, 1.807) is 31.9 Å². The van der Waals surface area contributed by atoms with Crippen LogP contribution in [0.1, 0.15) is 70.3 Å². The van der Waals surface area contributed by atoms with Crippen molar-refractivity contribution in [2.24, 2.45) is 0 Å². The fourth-order valence-electron chi connectivity index (χ4n) is 4.05. The summed E-state index contributed by atoms with van der Waals surface area (Å²) in [4.78, 5) is 45.2. The molecule has 32 heavy (non-hydrogen) atoms. The van der Waals surface area contributed by atoms with Gasteiger partial charge in [-0.2, -0.15) is 0 Å². The van der Waals surface area contributed by atoms with Gasteiger partial charge in [0.2, 0.25) is 5.91 Å². The molecule has 1 aliphatic heterocycles. The highest BCUT2D eigenvalue weighted by Crippen LogP contribution is 2.24. The van der Waals surface area contributed by atoms with E-state index < -0.39 is 23.7 Å². The number of benzene rings is 1. The van der Waals surface area contributed by atoms with Gasteiger partial charge in [0, 0.05) is 18.1 Å². The molecule has 1 aromatic heterocycles. The van der Waals surface area contributed by atoms with Crippen LogP contribution in [0.25, 0.3) is 10.8 Å². The van der Waals surface area contributed by atoms with Gasteiger partial charge in [-0.25, -0.2) is 4.79 Å². The summed E-state index contributed by atoms with van der Waals surface area (Å²) in [6.07, 6.45) is 5.04. The summed E-state index contributed by atoms with van der Waals surface area (Å²) in [6.45, 7) is 7.83. The van der Waals surface area contributed by atoms with E-state index in [0.29, 0.717) is 25.1 Å². The van der Waals surface area contributed by atoms with Crippen LogP contribution in [-0.2, 0) is 14.3 Å². The van der Waals surface area contributed by atoms with Crippen LogP contribution in [-0.4, -0.2) is 51.9 Å². The number of nitrogens with zero attached hydrogens (tertiary/aromatic N) is 2. The quantitative estimate of drug-likeness (QED) is 0.691. The maximum atomic E-state index is 13.5. The van der Waals surface area contributed by atoms with Gasteiger partial charge in [0.15, 0.2) is 0 Å². The molecule has 0 radical (unpaired) electrons. The topological polar surface area (TPSA) is 88.6 Å². The van der Waals surface area contributed by atoms with Gasteiger partial charge in [0.05, 0.1) is 0 Å². The zero-order valence-corrected chi connectivity index (χ0v) is 19.4. The number of aromatic nitrogens is 1. The molecule has 7 nitrogen and oxygen atoms in total. The van der Waals surface area contributed by atoms with Crippen molar-refractivity contribution < 1.29 is 19.1 Å². The molecule has 2 aromatic rings. The Morgan fingerprint density at radius 3 is 2.66 bits per heavy atom. The molecule has 2 atom stereocenters. The Balaban J connectivity index is 1.81. The second kappa shape index (κ2) is 10.1. The molecular formula is C25H33N3O4. The molecule has 2 heterocycles. The summed E-state index contributed by atoms with van der Waals surface area (Å²) in [7, 11) is 0. The minimum Gasteiger partial charge on any atom is -0.458 e. The Kier molecular flexibility index (Phi) is 7.48. The lowest BCUT2D eigenvalue weighted by Crippen LogP contribution is -2.55. The molecule has 0 bridgehead atoms. The smallest absolute Gasteiger partial charge is 0.329 e. The van der Waals surface area contributed by atoms with Crippen molar-refractivity contribution in [2.45, 2.75) is 77.5 Å². The van der Waals surface area contributed by atoms with E-state index in [4.69, 9.17) is 4.74 Å². The highest BCUT2D eigenvalue weighted by atomic mass is 16.6. The fourth-order valence-corrected chi connectivity index (χ4v) is 4.05. The third-order valence-electron chi connectivity index (χ3n) is 5.53. The second-order valence-corrected chi connectivity index (χ2v) is 9.27. The van der Waals surface area contributed by atoms with Crippen molar-refractivity contribution >= 4 is 28.6 Å². The Labute approximate surface area is 189 Å². The lowest BCUT2D eigenvalue weighted by atomic mass is 9.99. The van der Waals surface area contributed by atoms with Gasteiger partial charge < -0.3 is 15.0 Å². The number of likely N-dealkylation sites (tertiary alicyclic amines) is 1. The number of esters is 1. The Morgan fingerprint density at radius 1 is 1.19 bits per heavy atom. The molecule has 1 fully saturated rings. The van der Waals surface area contributed by atoms with E-state index in [0.717, 1.165) is 30.0 Å². The van der Waals surface area contributed by atoms with E-state index in [-0.39, 0.29) is 11.8 Å². The van der Waals surface area contributed by atoms with Crippen LogP contribution in [0.3, 0.4) is 0 Å². The Morgan fingerprint density at radius 2 is 1.94 bits per heavy atom. The zero-order valence-electron chi connectivity index (χ0n) is 19.4. The summed E-state index contributed by atoms with van der Waals surface area (Å²) in [5.74, 6) is -1.02. The first-order valence-corrected chi connectivity index (χ1v) is 11.4. The molecule has 1 aromatic carbocycles. The van der Waals surface area contributed by atoms with E-state index >= 15 is 0 Å². The first kappa shape index (κ1) is 23.7. The van der Waals surface area contributed by atoms with E-state index in [2.05, 4.69) is 10.3 Å². The first-order valence-electron chi connectivity index (χ1n) is 11.4. The van der Waals surface area contributed by atoms with Gasteiger partial charge in [-0.3, -0.25) is 14.6 Å². The molecule has 1 aliphatic rings. The van der Waals surface area contributed by atoms with E-state index in [1.807, 2.05) is 37.3 Å². The number of ether oxygens (including phenoxy) is 1. The molecule has 1 saturated heterocycles. The number of amides is 2. The molecule has 2 unspecified atom stereocenters. The van der Waals surface area contributed by atoms with Crippen LogP contribution < -0.4 is 5.32 Å². The summed E-state index contributed by atoms with van der Waals surface area (Å²) in [5.41, 5.74) is -0.291. The number of rotatable bonds is 6. The van der Waals surface area contributed by atoms with Crippen molar-refractivity contribution in [1.82, 2.24) is 15.2 Å². The Hall–Kier alpha value is -2.96. The van der Waals surface area contributed by atoms with Gasteiger partial charge in [-0.15, -0.1) is 0 Å². The lowest BCUT2D eigenvalue weighted by Gasteiger charge is -2.35. The summed E-state index contributed by atoms with van der Waals surface area (Å²) >= 11 is 0. The number of pyridine rings is 1. The van der Waals surface area contributed by atoms with Crippen LogP contribution in [0.2, 0.25) is 0 Å². The average molecular weight is 440 g/mol. The van der Waals surface area contributed by atoms with Crippen molar-refractivity contribution in [3.63, 3.8) is 0 Å². The summed E-state index contributed by atoms with van der Waals surface area (Å²) in [5, 5.41) is 4.55. The van der Waals surface area contributed by atoms with Crippen molar-refractivity contribution in [3.05, 3.63) is 42.2 Å².